The number of hydrogen-bond donors (Lipinski definition) is 1. The number of pyridine rings is 1. The van der Waals surface area contributed by atoms with Gasteiger partial charge in [0.05, 0.1) is 44.6 Å². The minimum absolute atomic E-state index is 0.0271. The summed E-state index contributed by atoms with van der Waals surface area (Å²) in [5, 5.41) is 1.20. The quantitative estimate of drug-likeness (QED) is 0.151. The summed E-state index contributed by atoms with van der Waals surface area (Å²) in [5.41, 5.74) is -4.36. The summed E-state index contributed by atoms with van der Waals surface area (Å²) in [5.74, 6) is -4.78. The number of esters is 1. The third kappa shape index (κ3) is 8.94. The lowest BCUT2D eigenvalue weighted by Gasteiger charge is -2.33. The van der Waals surface area contributed by atoms with Crippen LogP contribution in [0.5, 0.6) is 17.4 Å². The third-order valence-corrected chi connectivity index (χ3v) is 14.9. The number of ether oxygens (including phenoxy) is 4. The van der Waals surface area contributed by atoms with Gasteiger partial charge in [-0.3, -0.25) is 23.9 Å². The van der Waals surface area contributed by atoms with E-state index in [2.05, 4.69) is 9.71 Å². The number of alkyl halides is 4. The normalized spacial score (nSPS) is 29.0. The van der Waals surface area contributed by atoms with Crippen LogP contribution in [0, 0.1) is 29.1 Å². The van der Waals surface area contributed by atoms with E-state index in [0.717, 1.165) is 13.8 Å². The number of amides is 2. The highest BCUT2D eigenvalue weighted by molar-refractivity contribution is 7.91. The molecule has 13 nitrogen and oxygen atoms in total. The first-order valence-corrected chi connectivity index (χ1v) is 21.7. The number of allylic oxidation sites excluding steroid dienone is 2. The second-order valence-corrected chi connectivity index (χ2v) is 19.6. The fraction of sp³-hybridized carbons (Fsp3) is 0.643. The van der Waals surface area contributed by atoms with Crippen LogP contribution in [0.4, 0.5) is 17.6 Å². The second kappa shape index (κ2) is 16.8. The van der Waals surface area contributed by atoms with Crippen LogP contribution in [0.3, 0.4) is 0 Å². The topological polar surface area (TPSA) is 167 Å². The predicted molar refractivity (Wildman–Crippen MR) is 210 cm³/mol. The van der Waals surface area contributed by atoms with E-state index in [1.54, 1.807) is 31.2 Å². The number of rotatable bonds is 11. The van der Waals surface area contributed by atoms with Crippen LogP contribution in [0.1, 0.15) is 85.5 Å². The van der Waals surface area contributed by atoms with E-state index in [-0.39, 0.29) is 44.0 Å². The minimum Gasteiger partial charge on any atom is -0.493 e. The van der Waals surface area contributed by atoms with Gasteiger partial charge in [-0.2, -0.15) is 13.2 Å². The van der Waals surface area contributed by atoms with Crippen LogP contribution >= 0.6 is 0 Å². The molecule has 0 unspecified atom stereocenters. The Labute approximate surface area is 346 Å². The number of benzene rings is 1. The van der Waals surface area contributed by atoms with Gasteiger partial charge in [0.25, 0.3) is 0 Å². The fourth-order valence-corrected chi connectivity index (χ4v) is 9.97. The monoisotopic (exact) mass is 867 g/mol. The summed E-state index contributed by atoms with van der Waals surface area (Å²) in [7, 11) is -1.47. The molecule has 4 aliphatic rings. The Morgan fingerprint density at radius 2 is 1.73 bits per heavy atom. The molecule has 0 bridgehead atoms. The zero-order chi connectivity index (χ0) is 44.0. The lowest BCUT2D eigenvalue weighted by Crippen LogP contribution is -2.49. The van der Waals surface area contributed by atoms with Crippen molar-refractivity contribution < 1.29 is 64.1 Å². The zero-order valence-electron chi connectivity index (χ0n) is 34.6. The summed E-state index contributed by atoms with van der Waals surface area (Å²) in [4.78, 5) is 62.5. The zero-order valence-corrected chi connectivity index (χ0v) is 35.4. The molecule has 18 heteroatoms. The lowest BCUT2D eigenvalue weighted by atomic mass is 9.82. The van der Waals surface area contributed by atoms with Gasteiger partial charge in [-0.1, -0.05) is 26.0 Å². The summed E-state index contributed by atoms with van der Waals surface area (Å²) >= 11 is 0. The van der Waals surface area contributed by atoms with Crippen LogP contribution in [-0.2, 0) is 33.9 Å². The van der Waals surface area contributed by atoms with E-state index >= 15 is 0 Å². The van der Waals surface area contributed by atoms with Crippen molar-refractivity contribution in [2.45, 2.75) is 114 Å². The van der Waals surface area contributed by atoms with Crippen molar-refractivity contribution in [3.8, 4) is 17.4 Å². The highest BCUT2D eigenvalue weighted by Gasteiger charge is 2.63. The number of ketones is 1. The Bertz CT molecular complexity index is 2140. The summed E-state index contributed by atoms with van der Waals surface area (Å²) in [6.45, 7) is 3.75. The van der Waals surface area contributed by atoms with Crippen molar-refractivity contribution in [1.82, 2.24) is 14.6 Å². The number of carbonyl (C=O) groups excluding carboxylic acids is 4. The van der Waals surface area contributed by atoms with Crippen LogP contribution < -0.4 is 18.9 Å². The number of hydrogen-bond acceptors (Lipinski definition) is 11. The summed E-state index contributed by atoms with van der Waals surface area (Å²) < 4.78 is 104. The number of nitrogens with one attached hydrogen (secondary N) is 1. The number of halogens is 4. The van der Waals surface area contributed by atoms with Crippen molar-refractivity contribution in [2.75, 3.05) is 27.4 Å². The summed E-state index contributed by atoms with van der Waals surface area (Å²) in [6, 6.07) is 3.87. The Kier molecular flexibility index (Phi) is 12.6. The van der Waals surface area contributed by atoms with Gasteiger partial charge in [-0.05, 0) is 93.7 Å². The maximum Gasteiger partial charge on any atom is 0.427 e. The molecule has 2 aliphatic heterocycles. The van der Waals surface area contributed by atoms with Gasteiger partial charge in [-0.25, -0.2) is 17.8 Å². The Hall–Kier alpha value is -4.48. The molecular weight excluding hydrogens is 815 g/mol. The molecule has 0 radical (unpaired) electrons. The lowest BCUT2D eigenvalue weighted by molar-refractivity contribution is -0.257. The van der Waals surface area contributed by atoms with Crippen LogP contribution in [0.25, 0.3) is 10.8 Å². The van der Waals surface area contributed by atoms with E-state index in [1.165, 1.54) is 25.3 Å². The molecule has 1 aromatic heterocycles. The fourth-order valence-electron chi connectivity index (χ4n) is 8.53. The molecule has 2 aromatic rings. The second-order valence-electron chi connectivity index (χ2n) is 17.5. The number of carbonyl (C=O) groups is 4. The van der Waals surface area contributed by atoms with E-state index < -0.39 is 105 Å². The van der Waals surface area contributed by atoms with Gasteiger partial charge >= 0.3 is 12.1 Å². The number of methoxy groups -OCH3 is 2. The van der Waals surface area contributed by atoms with Gasteiger partial charge in [0, 0.05) is 24.4 Å². The van der Waals surface area contributed by atoms with Crippen molar-refractivity contribution >= 4 is 44.4 Å². The van der Waals surface area contributed by atoms with E-state index in [1.807, 2.05) is 13.0 Å². The van der Waals surface area contributed by atoms with Crippen LogP contribution in [0.15, 0.2) is 36.5 Å². The average molecular weight is 868 g/mol. The molecule has 2 aliphatic carbocycles. The standard InChI is InChI=1S/C42H53F4N3O10S/c1-24-9-7-8-10-27-20-41(27,38(53)48-60(54,55)40(23-43)12-13-40)21-32(50)31-17-28(58-36-30-18-34(57-6)33(56-5)16-26(30)11-14-47-36)22-49(31)37(52)29(25(2)15-24)19-35(51)59-39(3,4)42(44,45)46/h8,10-11,14,16,18,24-25,27-29,31H,7,9,12-13,15,17,19-23H2,1-6H3,(H,48,53)/b10-8-/t24-,25+,27+,28+,29-,31-,41+/m0/s1. The SMILES string of the molecule is COc1cc2ccnc(O[C@@H]3C[C@H]4C(=O)C[C@]5(C(=O)NS(=O)(=O)C6(CF)CC6)C[C@H]5/C=C\CC[C@H](C)C[C@@H](C)[C@H](CC(=O)OC(C)(C)C(F)(F)F)C(=O)N4C3)c2cc1OC. The smallest absolute Gasteiger partial charge is 0.427 e. The Morgan fingerprint density at radius 3 is 2.37 bits per heavy atom. The van der Waals surface area contributed by atoms with Crippen LogP contribution in [-0.4, -0.2) is 98.0 Å². The van der Waals surface area contributed by atoms with Crippen LogP contribution in [0.2, 0.25) is 0 Å². The molecule has 330 valence electrons. The third-order valence-electron chi connectivity index (χ3n) is 12.8. The molecule has 1 aromatic carbocycles. The molecule has 3 heterocycles. The van der Waals surface area contributed by atoms with Crippen molar-refractivity contribution in [2.24, 2.45) is 29.1 Å². The minimum atomic E-state index is -4.89. The molecule has 6 rings (SSSR count). The molecule has 2 amide bonds. The van der Waals surface area contributed by atoms with Crippen molar-refractivity contribution in [3.05, 3.63) is 36.5 Å². The number of aromatic nitrogens is 1. The number of Topliss-reactive ketones (excluding diaryl/α,β-unsaturated/α-hetero) is 1. The van der Waals surface area contributed by atoms with E-state index in [9.17, 15) is 45.2 Å². The molecule has 0 spiro atoms. The molecule has 2 saturated carbocycles. The number of nitrogens with zero attached hydrogens (tertiary/aromatic N) is 2. The van der Waals surface area contributed by atoms with Gasteiger partial charge < -0.3 is 23.8 Å². The van der Waals surface area contributed by atoms with Gasteiger partial charge in [0.15, 0.2) is 17.3 Å². The number of sulfonamides is 1. The maximum absolute atomic E-state index is 14.9. The predicted octanol–water partition coefficient (Wildman–Crippen LogP) is 6.42. The van der Waals surface area contributed by atoms with Gasteiger partial charge in [0.1, 0.15) is 17.5 Å². The largest absolute Gasteiger partial charge is 0.493 e. The Balaban J connectivity index is 1.37. The van der Waals surface area contributed by atoms with Gasteiger partial charge in [0.2, 0.25) is 33.3 Å². The average Bonchev–Trinajstić information content (AvgIpc) is 4.08. The first-order valence-electron chi connectivity index (χ1n) is 20.2. The molecule has 3 fully saturated rings. The molecule has 7 atom stereocenters. The maximum atomic E-state index is 14.9. The van der Waals surface area contributed by atoms with Gasteiger partial charge in [-0.15, -0.1) is 0 Å². The van der Waals surface area contributed by atoms with E-state index in [0.29, 0.717) is 41.5 Å². The summed E-state index contributed by atoms with van der Waals surface area (Å²) in [6.07, 6.45) is -0.116. The molecular formula is C42H53F4N3O10S. The first kappa shape index (κ1) is 45.1. The van der Waals surface area contributed by atoms with Crippen molar-refractivity contribution in [1.29, 1.82) is 0 Å². The van der Waals surface area contributed by atoms with E-state index in [4.69, 9.17) is 18.9 Å². The highest BCUT2D eigenvalue weighted by Crippen LogP contribution is 2.58. The first-order chi connectivity index (χ1) is 28.1. The molecule has 1 N–H and O–H groups in total. The van der Waals surface area contributed by atoms with Crippen molar-refractivity contribution in [3.63, 3.8) is 0 Å². The Morgan fingerprint density at radius 1 is 1.05 bits per heavy atom. The highest BCUT2D eigenvalue weighted by atomic mass is 32.2. The molecule has 60 heavy (non-hydrogen) atoms. The number of fused-ring (bicyclic) bond motifs is 3. The molecule has 1 saturated heterocycles.